The minimum atomic E-state index is -0.263. The van der Waals surface area contributed by atoms with E-state index in [0.717, 1.165) is 22.5 Å². The first-order chi connectivity index (χ1) is 9.24. The van der Waals surface area contributed by atoms with Crippen molar-refractivity contribution in [3.8, 4) is 0 Å². The van der Waals surface area contributed by atoms with Crippen molar-refractivity contribution in [1.29, 1.82) is 0 Å². The summed E-state index contributed by atoms with van der Waals surface area (Å²) in [5.41, 5.74) is 0.394. The maximum absolute atomic E-state index is 12.4. The lowest BCUT2D eigenvalue weighted by atomic mass is 10.1. The Hall–Kier alpha value is -2.14. The van der Waals surface area contributed by atoms with E-state index in [1.54, 1.807) is 0 Å². The molecule has 2 aromatic carbocycles. The maximum atomic E-state index is 12.4. The van der Waals surface area contributed by atoms with Crippen molar-refractivity contribution >= 4 is 38.7 Å². The first-order valence-corrected chi connectivity index (χ1v) is 6.84. The van der Waals surface area contributed by atoms with E-state index in [1.807, 2.05) is 36.4 Å². The van der Waals surface area contributed by atoms with Gasteiger partial charge in [0.15, 0.2) is 0 Å². The molecule has 4 rings (SSSR count). The molecule has 2 heterocycles. The van der Waals surface area contributed by atoms with Gasteiger partial charge in [-0.05, 0) is 22.9 Å². The van der Waals surface area contributed by atoms with Gasteiger partial charge in [0, 0.05) is 0 Å². The van der Waals surface area contributed by atoms with Crippen molar-refractivity contribution in [2.45, 2.75) is 5.75 Å². The topological polar surface area (TPSA) is 52.0 Å². The molecule has 0 N–H and O–H groups in total. The predicted molar refractivity (Wildman–Crippen MR) is 75.6 cm³/mol. The predicted octanol–water partition coefficient (Wildman–Crippen LogP) is 2.76. The van der Waals surface area contributed by atoms with E-state index in [1.165, 1.54) is 4.57 Å². The van der Waals surface area contributed by atoms with Crippen molar-refractivity contribution < 1.29 is 4.79 Å². The van der Waals surface area contributed by atoms with Crippen molar-refractivity contribution in [1.82, 2.24) is 9.55 Å². The van der Waals surface area contributed by atoms with Gasteiger partial charge in [-0.15, -0.1) is 0 Å². The van der Waals surface area contributed by atoms with Crippen LogP contribution in [0.25, 0.3) is 21.7 Å². The van der Waals surface area contributed by atoms with Crippen LogP contribution in [0.3, 0.4) is 0 Å². The second-order valence-corrected chi connectivity index (χ2v) is 5.37. The smallest absolute Gasteiger partial charge is 0.268 e. The van der Waals surface area contributed by atoms with Crippen LogP contribution in [-0.2, 0) is 5.75 Å². The minimum absolute atomic E-state index is 0.234. The van der Waals surface area contributed by atoms with Crippen LogP contribution in [0.1, 0.15) is 5.82 Å². The average Bonchev–Trinajstić information content (AvgIpc) is 2.79. The molecule has 0 saturated heterocycles. The molecule has 0 aliphatic carbocycles. The number of aromatic nitrogens is 2. The molecular formula is C14H8N2O2S. The Morgan fingerprint density at radius 2 is 1.84 bits per heavy atom. The van der Waals surface area contributed by atoms with Crippen LogP contribution in [0.5, 0.6) is 0 Å². The van der Waals surface area contributed by atoms with E-state index in [9.17, 15) is 9.59 Å². The van der Waals surface area contributed by atoms with Crippen molar-refractivity contribution in [3.63, 3.8) is 0 Å². The van der Waals surface area contributed by atoms with Gasteiger partial charge in [0.25, 0.3) is 10.8 Å². The number of fused-ring (bicyclic) bond motifs is 3. The highest BCUT2D eigenvalue weighted by Gasteiger charge is 2.24. The van der Waals surface area contributed by atoms with Crippen LogP contribution in [0, 0.1) is 0 Å². The number of rotatable bonds is 0. The van der Waals surface area contributed by atoms with E-state index in [-0.39, 0.29) is 10.8 Å². The fourth-order valence-corrected chi connectivity index (χ4v) is 3.16. The molecule has 1 aliphatic heterocycles. The molecule has 0 unspecified atom stereocenters. The number of carbonyl (C=O) groups is 1. The van der Waals surface area contributed by atoms with Gasteiger partial charge in [0.1, 0.15) is 5.82 Å². The largest absolute Gasteiger partial charge is 0.294 e. The SMILES string of the molecule is O=C1SCc2nc3cc4ccccc4cc3c(=O)n21. The molecule has 92 valence electrons. The second-order valence-electron chi connectivity index (χ2n) is 4.44. The molecule has 0 fully saturated rings. The van der Waals surface area contributed by atoms with Crippen molar-refractivity contribution in [2.75, 3.05) is 0 Å². The first-order valence-electron chi connectivity index (χ1n) is 5.85. The zero-order valence-electron chi connectivity index (χ0n) is 9.79. The first kappa shape index (κ1) is 10.8. The summed E-state index contributed by atoms with van der Waals surface area (Å²) in [6, 6.07) is 11.5. The molecular weight excluding hydrogens is 260 g/mol. The lowest BCUT2D eigenvalue weighted by molar-refractivity contribution is 0.261. The van der Waals surface area contributed by atoms with E-state index in [4.69, 9.17) is 0 Å². The van der Waals surface area contributed by atoms with E-state index in [0.29, 0.717) is 22.5 Å². The van der Waals surface area contributed by atoms with Crippen LogP contribution < -0.4 is 5.56 Å². The zero-order chi connectivity index (χ0) is 13.0. The van der Waals surface area contributed by atoms with E-state index in [2.05, 4.69) is 4.98 Å². The third-order valence-electron chi connectivity index (χ3n) is 3.31. The molecule has 0 atom stereocenters. The average molecular weight is 268 g/mol. The number of benzene rings is 2. The molecule has 19 heavy (non-hydrogen) atoms. The zero-order valence-corrected chi connectivity index (χ0v) is 10.6. The van der Waals surface area contributed by atoms with Gasteiger partial charge in [0.2, 0.25) is 0 Å². The Labute approximate surface area is 112 Å². The summed E-state index contributed by atoms with van der Waals surface area (Å²) in [5, 5.41) is 2.29. The van der Waals surface area contributed by atoms with Gasteiger partial charge in [-0.2, -0.15) is 0 Å². The minimum Gasteiger partial charge on any atom is -0.268 e. The Balaban J connectivity index is 2.21. The van der Waals surface area contributed by atoms with Crippen molar-refractivity contribution in [2.24, 2.45) is 0 Å². The molecule has 0 radical (unpaired) electrons. The normalized spacial score (nSPS) is 14.2. The van der Waals surface area contributed by atoms with Gasteiger partial charge in [-0.25, -0.2) is 9.55 Å². The van der Waals surface area contributed by atoms with E-state index < -0.39 is 0 Å². The van der Waals surface area contributed by atoms with Crippen LogP contribution in [0.2, 0.25) is 0 Å². The number of hydrogen-bond acceptors (Lipinski definition) is 4. The van der Waals surface area contributed by atoms with Gasteiger partial charge in [0.05, 0.1) is 16.7 Å². The van der Waals surface area contributed by atoms with Gasteiger partial charge < -0.3 is 0 Å². The molecule has 0 bridgehead atoms. The molecule has 3 aromatic rings. The second kappa shape index (κ2) is 3.68. The highest BCUT2D eigenvalue weighted by Crippen LogP contribution is 2.25. The van der Waals surface area contributed by atoms with Crippen LogP contribution in [-0.4, -0.2) is 14.8 Å². The Morgan fingerprint density at radius 3 is 2.63 bits per heavy atom. The Bertz CT molecular complexity index is 914. The summed E-state index contributed by atoms with van der Waals surface area (Å²) in [7, 11) is 0. The summed E-state index contributed by atoms with van der Waals surface area (Å²) in [4.78, 5) is 28.5. The van der Waals surface area contributed by atoms with Crippen LogP contribution in [0.15, 0.2) is 41.2 Å². The van der Waals surface area contributed by atoms with Crippen LogP contribution >= 0.6 is 11.8 Å². The molecule has 0 amide bonds. The number of thioether (sulfide) groups is 1. The summed E-state index contributed by atoms with van der Waals surface area (Å²) in [6.45, 7) is 0. The molecule has 0 saturated carbocycles. The van der Waals surface area contributed by atoms with Gasteiger partial charge in [-0.3, -0.25) is 9.59 Å². The molecule has 4 nitrogen and oxygen atoms in total. The summed E-state index contributed by atoms with van der Waals surface area (Å²) < 4.78 is 1.18. The number of hydrogen-bond donors (Lipinski definition) is 0. The third kappa shape index (κ3) is 1.45. The molecule has 0 spiro atoms. The summed E-state index contributed by atoms with van der Waals surface area (Å²) in [5.74, 6) is 1.01. The third-order valence-corrected chi connectivity index (χ3v) is 4.14. The van der Waals surface area contributed by atoms with Gasteiger partial charge >= 0.3 is 0 Å². The van der Waals surface area contributed by atoms with Crippen LogP contribution in [0.4, 0.5) is 4.79 Å². The lowest BCUT2D eigenvalue weighted by Crippen LogP contribution is -2.24. The van der Waals surface area contributed by atoms with Gasteiger partial charge in [-0.1, -0.05) is 36.0 Å². The Morgan fingerprint density at radius 1 is 1.11 bits per heavy atom. The van der Waals surface area contributed by atoms with E-state index >= 15 is 0 Å². The standard InChI is InChI=1S/C14H8N2O2S/c17-13-10-5-8-3-1-2-4-9(8)6-11(10)15-12-7-19-14(18)16(12)13/h1-6H,7H2. The lowest BCUT2D eigenvalue weighted by Gasteiger charge is -2.04. The highest BCUT2D eigenvalue weighted by molar-refractivity contribution is 8.13. The maximum Gasteiger partial charge on any atom is 0.294 e. The summed E-state index contributed by atoms with van der Waals surface area (Å²) >= 11 is 1.12. The highest BCUT2D eigenvalue weighted by atomic mass is 32.2. The number of carbonyl (C=O) groups excluding carboxylic acids is 1. The van der Waals surface area contributed by atoms with Crippen molar-refractivity contribution in [3.05, 3.63) is 52.6 Å². The molecule has 1 aromatic heterocycles. The summed E-state index contributed by atoms with van der Waals surface area (Å²) in [6.07, 6.45) is 0. The fraction of sp³-hybridized carbons (Fsp3) is 0.0714. The number of nitrogens with zero attached hydrogens (tertiary/aromatic N) is 2. The monoisotopic (exact) mass is 268 g/mol. The molecule has 1 aliphatic rings. The fourth-order valence-electron chi connectivity index (χ4n) is 2.39. The Kier molecular flexibility index (Phi) is 2.08. The molecule has 5 heteroatoms. The quantitative estimate of drug-likeness (QED) is 0.588.